The third kappa shape index (κ3) is 4.91. The lowest BCUT2D eigenvalue weighted by atomic mass is 9.98. The number of hydrogen-bond donors (Lipinski definition) is 0. The van der Waals surface area contributed by atoms with E-state index in [1.54, 1.807) is 0 Å². The summed E-state index contributed by atoms with van der Waals surface area (Å²) in [6.07, 6.45) is 0. The van der Waals surface area contributed by atoms with E-state index in [2.05, 4.69) is 91.0 Å². The van der Waals surface area contributed by atoms with Crippen LogP contribution >= 0.6 is 0 Å². The van der Waals surface area contributed by atoms with Crippen LogP contribution in [0.25, 0.3) is 89.4 Å². The van der Waals surface area contributed by atoms with Crippen molar-refractivity contribution in [1.29, 1.82) is 0 Å². The number of rotatable bonds is 5. The molecule has 0 bridgehead atoms. The molecule has 3 heterocycles. The van der Waals surface area contributed by atoms with Gasteiger partial charge < -0.3 is 4.42 Å². The van der Waals surface area contributed by atoms with E-state index in [1.807, 2.05) is 66.7 Å². The van der Waals surface area contributed by atoms with Gasteiger partial charge in [0.05, 0.1) is 5.52 Å². The van der Waals surface area contributed by atoms with E-state index in [0.29, 0.717) is 23.2 Å². The topological polar surface area (TPSA) is 64.7 Å². The molecule has 0 unspecified atom stereocenters. The van der Waals surface area contributed by atoms with Crippen molar-refractivity contribution in [2.24, 2.45) is 0 Å². The monoisotopic (exact) mass is 602 g/mol. The molecule has 5 heteroatoms. The SMILES string of the molecule is c1ccc(-c2ccc(-c3nc(-c4ccccc4)nc(-c4ccc(-c5cccc6oc7nc8ccccc8cc7c56)cc4)n3)cc2)cc1. The van der Waals surface area contributed by atoms with Crippen molar-refractivity contribution in [2.75, 3.05) is 0 Å². The minimum Gasteiger partial charge on any atom is -0.438 e. The van der Waals surface area contributed by atoms with E-state index in [1.165, 1.54) is 5.56 Å². The molecule has 0 aliphatic carbocycles. The molecule has 0 atom stereocenters. The minimum absolute atomic E-state index is 0.621. The van der Waals surface area contributed by atoms with Crippen LogP contribution in [0.3, 0.4) is 0 Å². The van der Waals surface area contributed by atoms with Gasteiger partial charge in [0.2, 0.25) is 5.71 Å². The maximum Gasteiger partial charge on any atom is 0.227 e. The second-order valence-corrected chi connectivity index (χ2v) is 11.5. The van der Waals surface area contributed by atoms with Crippen molar-refractivity contribution in [3.05, 3.63) is 158 Å². The van der Waals surface area contributed by atoms with Gasteiger partial charge in [0.15, 0.2) is 17.5 Å². The third-order valence-corrected chi connectivity index (χ3v) is 8.56. The van der Waals surface area contributed by atoms with E-state index in [-0.39, 0.29) is 0 Å². The molecule has 220 valence electrons. The Morgan fingerprint density at radius 1 is 0.383 bits per heavy atom. The number of fused-ring (bicyclic) bond motifs is 4. The molecule has 3 aromatic heterocycles. The number of aromatic nitrogens is 4. The van der Waals surface area contributed by atoms with Gasteiger partial charge in [-0.25, -0.2) is 19.9 Å². The number of hydrogen-bond acceptors (Lipinski definition) is 5. The van der Waals surface area contributed by atoms with Crippen LogP contribution < -0.4 is 0 Å². The van der Waals surface area contributed by atoms with Crippen LogP contribution in [-0.4, -0.2) is 19.9 Å². The Bertz CT molecular complexity index is 2540. The van der Waals surface area contributed by atoms with Crippen LogP contribution in [-0.2, 0) is 0 Å². The zero-order valence-electron chi connectivity index (χ0n) is 25.2. The van der Waals surface area contributed by atoms with Crippen LogP contribution in [0.15, 0.2) is 162 Å². The molecule has 6 aromatic carbocycles. The van der Waals surface area contributed by atoms with Gasteiger partial charge in [0.1, 0.15) is 5.58 Å². The van der Waals surface area contributed by atoms with Crippen molar-refractivity contribution >= 4 is 33.0 Å². The number of para-hydroxylation sites is 1. The summed E-state index contributed by atoms with van der Waals surface area (Å²) < 4.78 is 6.22. The summed E-state index contributed by atoms with van der Waals surface area (Å²) in [4.78, 5) is 19.6. The molecule has 9 rings (SSSR count). The molecule has 47 heavy (non-hydrogen) atoms. The fourth-order valence-electron chi connectivity index (χ4n) is 6.19. The molecular formula is C42H26N4O. The molecule has 0 spiro atoms. The lowest BCUT2D eigenvalue weighted by Gasteiger charge is -2.10. The molecule has 0 aliphatic heterocycles. The van der Waals surface area contributed by atoms with E-state index in [4.69, 9.17) is 24.4 Å². The zero-order chi connectivity index (χ0) is 31.2. The van der Waals surface area contributed by atoms with E-state index < -0.39 is 0 Å². The minimum atomic E-state index is 0.621. The van der Waals surface area contributed by atoms with Gasteiger partial charge in [-0.1, -0.05) is 140 Å². The second kappa shape index (κ2) is 11.2. The van der Waals surface area contributed by atoms with Crippen LogP contribution in [0, 0.1) is 0 Å². The summed E-state index contributed by atoms with van der Waals surface area (Å²) >= 11 is 0. The van der Waals surface area contributed by atoms with Gasteiger partial charge in [0, 0.05) is 32.8 Å². The molecular weight excluding hydrogens is 576 g/mol. The van der Waals surface area contributed by atoms with Crippen molar-refractivity contribution in [3.63, 3.8) is 0 Å². The van der Waals surface area contributed by atoms with Gasteiger partial charge in [-0.2, -0.15) is 0 Å². The Morgan fingerprint density at radius 2 is 0.894 bits per heavy atom. The van der Waals surface area contributed by atoms with E-state index >= 15 is 0 Å². The average molecular weight is 603 g/mol. The normalized spacial score (nSPS) is 11.4. The summed E-state index contributed by atoms with van der Waals surface area (Å²) in [6.45, 7) is 0. The molecule has 0 saturated carbocycles. The number of benzene rings is 6. The second-order valence-electron chi connectivity index (χ2n) is 11.5. The summed E-state index contributed by atoms with van der Waals surface area (Å²) in [7, 11) is 0. The standard InChI is InChI=1S/C42H26N4O/c1-3-10-27(11-4-1)28-18-22-31(23-19-28)40-44-39(30-12-5-2-6-13-30)45-41(46-40)32-24-20-29(21-25-32)34-15-9-17-37-38(34)35-26-33-14-7-8-16-36(33)43-42(35)47-37/h1-26H. The predicted octanol–water partition coefficient (Wildman–Crippen LogP) is 10.7. The quantitative estimate of drug-likeness (QED) is 0.196. The van der Waals surface area contributed by atoms with Crippen LogP contribution in [0.1, 0.15) is 0 Å². The molecule has 0 radical (unpaired) electrons. The summed E-state index contributed by atoms with van der Waals surface area (Å²) in [5.41, 5.74) is 9.64. The number of nitrogens with zero attached hydrogens (tertiary/aromatic N) is 4. The first-order chi connectivity index (χ1) is 23.3. The maximum atomic E-state index is 6.22. The van der Waals surface area contributed by atoms with Gasteiger partial charge >= 0.3 is 0 Å². The Kier molecular flexibility index (Phi) is 6.39. The first-order valence-electron chi connectivity index (χ1n) is 15.6. The fraction of sp³-hybridized carbons (Fsp3) is 0. The van der Waals surface area contributed by atoms with Crippen LogP contribution in [0.4, 0.5) is 0 Å². The molecule has 5 nitrogen and oxygen atoms in total. The Labute approximate surface area is 270 Å². The van der Waals surface area contributed by atoms with Gasteiger partial charge in [-0.05, 0) is 40.5 Å². The molecule has 0 amide bonds. The van der Waals surface area contributed by atoms with Crippen molar-refractivity contribution in [1.82, 2.24) is 19.9 Å². The Morgan fingerprint density at radius 3 is 1.55 bits per heavy atom. The number of furan rings is 1. The highest BCUT2D eigenvalue weighted by atomic mass is 16.3. The van der Waals surface area contributed by atoms with Gasteiger partial charge in [-0.3, -0.25) is 0 Å². The highest BCUT2D eigenvalue weighted by Crippen LogP contribution is 2.38. The summed E-state index contributed by atoms with van der Waals surface area (Å²) in [5, 5.41) is 3.15. The highest BCUT2D eigenvalue weighted by Gasteiger charge is 2.16. The van der Waals surface area contributed by atoms with E-state index in [9.17, 15) is 0 Å². The first kappa shape index (κ1) is 26.9. The lowest BCUT2D eigenvalue weighted by molar-refractivity contribution is 0.656. The molecule has 0 fully saturated rings. The molecule has 9 aromatic rings. The molecule has 0 N–H and O–H groups in total. The van der Waals surface area contributed by atoms with Crippen molar-refractivity contribution in [3.8, 4) is 56.4 Å². The molecule has 0 aliphatic rings. The maximum absolute atomic E-state index is 6.22. The van der Waals surface area contributed by atoms with Crippen LogP contribution in [0.2, 0.25) is 0 Å². The Hall–Kier alpha value is -6.46. The molecule has 0 saturated heterocycles. The Balaban J connectivity index is 1.13. The average Bonchev–Trinajstić information content (AvgIpc) is 3.52. The van der Waals surface area contributed by atoms with Gasteiger partial charge in [-0.15, -0.1) is 0 Å². The zero-order valence-corrected chi connectivity index (χ0v) is 25.2. The number of pyridine rings is 1. The van der Waals surface area contributed by atoms with Crippen molar-refractivity contribution < 1.29 is 4.42 Å². The first-order valence-corrected chi connectivity index (χ1v) is 15.6. The summed E-state index contributed by atoms with van der Waals surface area (Å²) in [5.74, 6) is 1.89. The highest BCUT2D eigenvalue weighted by molar-refractivity contribution is 6.13. The van der Waals surface area contributed by atoms with Crippen molar-refractivity contribution in [2.45, 2.75) is 0 Å². The van der Waals surface area contributed by atoms with Gasteiger partial charge in [0.25, 0.3) is 0 Å². The largest absolute Gasteiger partial charge is 0.438 e. The smallest absolute Gasteiger partial charge is 0.227 e. The predicted molar refractivity (Wildman–Crippen MR) is 190 cm³/mol. The lowest BCUT2D eigenvalue weighted by Crippen LogP contribution is -2.00. The third-order valence-electron chi connectivity index (χ3n) is 8.56. The fourth-order valence-corrected chi connectivity index (χ4v) is 6.19. The van der Waals surface area contributed by atoms with Crippen LogP contribution in [0.5, 0.6) is 0 Å². The summed E-state index contributed by atoms with van der Waals surface area (Å²) in [6, 6.07) is 53.7. The van der Waals surface area contributed by atoms with E-state index in [0.717, 1.165) is 60.6 Å².